The highest BCUT2D eigenvalue weighted by molar-refractivity contribution is 7.89. The maximum absolute atomic E-state index is 12.3. The molecule has 0 aromatic heterocycles. The van der Waals surface area contributed by atoms with E-state index in [4.69, 9.17) is 11.6 Å². The first kappa shape index (κ1) is 17.4. The van der Waals surface area contributed by atoms with Gasteiger partial charge in [-0.1, -0.05) is 36.7 Å². The van der Waals surface area contributed by atoms with E-state index in [0.29, 0.717) is 18.0 Å². The monoisotopic (exact) mass is 318 g/mol. The van der Waals surface area contributed by atoms with E-state index in [1.165, 1.54) is 4.31 Å². The van der Waals surface area contributed by atoms with Gasteiger partial charge in [-0.3, -0.25) is 0 Å². The van der Waals surface area contributed by atoms with Crippen LogP contribution < -0.4 is 5.32 Å². The Kier molecular flexibility index (Phi) is 6.95. The number of halogens is 1. The molecular formula is C14H23ClN2O2S. The first-order valence-corrected chi connectivity index (χ1v) is 8.79. The minimum absolute atomic E-state index is 0.144. The van der Waals surface area contributed by atoms with Crippen LogP contribution in [0, 0.1) is 0 Å². The molecule has 114 valence electrons. The van der Waals surface area contributed by atoms with Crippen LogP contribution in [0.2, 0.25) is 5.02 Å². The Balaban J connectivity index is 2.73. The van der Waals surface area contributed by atoms with Gasteiger partial charge >= 0.3 is 0 Å². The summed E-state index contributed by atoms with van der Waals surface area (Å²) in [5.74, 6) is 0.144. The van der Waals surface area contributed by atoms with Crippen molar-refractivity contribution in [1.82, 2.24) is 9.62 Å². The normalized spacial score (nSPS) is 13.7. The van der Waals surface area contributed by atoms with Gasteiger partial charge < -0.3 is 5.32 Å². The summed E-state index contributed by atoms with van der Waals surface area (Å²) in [6.45, 7) is 5.42. The van der Waals surface area contributed by atoms with E-state index >= 15 is 0 Å². The maximum Gasteiger partial charge on any atom is 0.214 e. The van der Waals surface area contributed by atoms with Crippen LogP contribution in [0.3, 0.4) is 0 Å². The quantitative estimate of drug-likeness (QED) is 0.750. The minimum Gasteiger partial charge on any atom is -0.317 e. The van der Waals surface area contributed by atoms with Crippen molar-refractivity contribution in [3.05, 3.63) is 34.9 Å². The van der Waals surface area contributed by atoms with Gasteiger partial charge in [0.2, 0.25) is 10.0 Å². The molecule has 0 saturated carbocycles. The zero-order chi connectivity index (χ0) is 15.2. The van der Waals surface area contributed by atoms with Crippen LogP contribution >= 0.6 is 11.6 Å². The second-order valence-corrected chi connectivity index (χ2v) is 7.29. The van der Waals surface area contributed by atoms with Crippen molar-refractivity contribution in [2.24, 2.45) is 0 Å². The summed E-state index contributed by atoms with van der Waals surface area (Å²) in [4.78, 5) is 0. The molecule has 0 aliphatic heterocycles. The molecule has 1 N–H and O–H groups in total. The molecule has 0 aliphatic rings. The molecule has 0 fully saturated rings. The lowest BCUT2D eigenvalue weighted by molar-refractivity contribution is 0.397. The lowest BCUT2D eigenvalue weighted by atomic mass is 10.1. The van der Waals surface area contributed by atoms with Gasteiger partial charge in [0, 0.05) is 18.1 Å². The predicted molar refractivity (Wildman–Crippen MR) is 84.6 cm³/mol. The van der Waals surface area contributed by atoms with Crippen molar-refractivity contribution in [2.75, 3.05) is 25.9 Å². The highest BCUT2D eigenvalue weighted by Crippen LogP contribution is 2.27. The Labute approximate surface area is 127 Å². The predicted octanol–water partition coefficient (Wildman–Crippen LogP) is 2.66. The molecule has 0 spiro atoms. The third-order valence-corrected chi connectivity index (χ3v) is 5.69. The van der Waals surface area contributed by atoms with Gasteiger partial charge in [-0.25, -0.2) is 8.42 Å². The van der Waals surface area contributed by atoms with Crippen molar-refractivity contribution in [3.8, 4) is 0 Å². The number of nitrogens with one attached hydrogen (secondary N) is 1. The second-order valence-electron chi connectivity index (χ2n) is 4.74. The molecule has 6 heteroatoms. The van der Waals surface area contributed by atoms with Gasteiger partial charge in [0.1, 0.15) is 0 Å². The van der Waals surface area contributed by atoms with Gasteiger partial charge in [0.25, 0.3) is 0 Å². The minimum atomic E-state index is -3.27. The summed E-state index contributed by atoms with van der Waals surface area (Å²) >= 11 is 6.13. The number of hydrogen-bond donors (Lipinski definition) is 1. The number of hydrogen-bond acceptors (Lipinski definition) is 3. The van der Waals surface area contributed by atoms with Crippen LogP contribution in [-0.4, -0.2) is 38.6 Å². The smallest absolute Gasteiger partial charge is 0.214 e. The maximum atomic E-state index is 12.3. The number of rotatable bonds is 8. The number of benzene rings is 1. The van der Waals surface area contributed by atoms with Crippen LogP contribution in [0.5, 0.6) is 0 Å². The SMILES string of the molecule is CCNCCCS(=O)(=O)N(C)C(C)c1ccccc1Cl. The lowest BCUT2D eigenvalue weighted by Crippen LogP contribution is -2.33. The Morgan fingerprint density at radius 2 is 2.00 bits per heavy atom. The second kappa shape index (κ2) is 7.98. The molecule has 1 aromatic carbocycles. The summed E-state index contributed by atoms with van der Waals surface area (Å²) in [6.07, 6.45) is 0.607. The van der Waals surface area contributed by atoms with E-state index in [2.05, 4.69) is 5.32 Å². The molecule has 0 amide bonds. The molecule has 1 unspecified atom stereocenters. The van der Waals surface area contributed by atoms with E-state index in [1.54, 1.807) is 13.1 Å². The van der Waals surface area contributed by atoms with Crippen molar-refractivity contribution in [2.45, 2.75) is 26.3 Å². The Morgan fingerprint density at radius 1 is 1.35 bits per heavy atom. The Morgan fingerprint density at radius 3 is 2.60 bits per heavy atom. The van der Waals surface area contributed by atoms with Gasteiger partial charge in [-0.2, -0.15) is 4.31 Å². The van der Waals surface area contributed by atoms with Crippen LogP contribution in [0.15, 0.2) is 24.3 Å². The molecule has 0 heterocycles. The summed E-state index contributed by atoms with van der Waals surface area (Å²) in [6, 6.07) is 7.07. The van der Waals surface area contributed by atoms with Crippen molar-refractivity contribution >= 4 is 21.6 Å². The molecule has 1 rings (SSSR count). The average molecular weight is 319 g/mol. The summed E-state index contributed by atoms with van der Waals surface area (Å²) in [5, 5.41) is 3.72. The highest BCUT2D eigenvalue weighted by Gasteiger charge is 2.24. The fraction of sp³-hybridized carbons (Fsp3) is 0.571. The molecule has 0 saturated heterocycles. The van der Waals surface area contributed by atoms with E-state index in [0.717, 1.165) is 12.1 Å². The Hall–Kier alpha value is -0.620. The first-order valence-electron chi connectivity index (χ1n) is 6.81. The fourth-order valence-corrected chi connectivity index (χ4v) is 3.64. The zero-order valence-electron chi connectivity index (χ0n) is 12.3. The molecule has 4 nitrogen and oxygen atoms in total. The molecule has 0 aliphatic carbocycles. The molecule has 0 radical (unpaired) electrons. The van der Waals surface area contributed by atoms with Crippen molar-refractivity contribution < 1.29 is 8.42 Å². The highest BCUT2D eigenvalue weighted by atomic mass is 35.5. The third-order valence-electron chi connectivity index (χ3n) is 3.35. The van der Waals surface area contributed by atoms with Crippen LogP contribution in [-0.2, 0) is 10.0 Å². The third kappa shape index (κ3) is 4.74. The zero-order valence-corrected chi connectivity index (χ0v) is 13.8. The Bertz CT molecular complexity index is 520. The number of sulfonamides is 1. The van der Waals surface area contributed by atoms with Crippen LogP contribution in [0.4, 0.5) is 0 Å². The fourth-order valence-electron chi connectivity index (χ4n) is 1.95. The largest absolute Gasteiger partial charge is 0.317 e. The molecule has 1 aromatic rings. The van der Waals surface area contributed by atoms with Crippen LogP contribution in [0.25, 0.3) is 0 Å². The summed E-state index contributed by atoms with van der Waals surface area (Å²) < 4.78 is 26.0. The molecular weight excluding hydrogens is 296 g/mol. The standard InChI is InChI=1S/C14H23ClN2O2S/c1-4-16-10-7-11-20(18,19)17(3)12(2)13-8-5-6-9-14(13)15/h5-6,8-9,12,16H,4,7,10-11H2,1-3H3. The summed E-state index contributed by atoms with van der Waals surface area (Å²) in [7, 11) is -1.66. The topological polar surface area (TPSA) is 49.4 Å². The molecule has 20 heavy (non-hydrogen) atoms. The molecule has 1 atom stereocenters. The van der Waals surface area contributed by atoms with E-state index in [9.17, 15) is 8.42 Å². The number of nitrogens with zero attached hydrogens (tertiary/aromatic N) is 1. The first-order chi connectivity index (χ1) is 9.40. The van der Waals surface area contributed by atoms with Crippen molar-refractivity contribution in [3.63, 3.8) is 0 Å². The van der Waals surface area contributed by atoms with E-state index in [-0.39, 0.29) is 11.8 Å². The molecule has 0 bridgehead atoms. The van der Waals surface area contributed by atoms with E-state index < -0.39 is 10.0 Å². The van der Waals surface area contributed by atoms with Gasteiger partial charge in [0.05, 0.1) is 5.75 Å². The van der Waals surface area contributed by atoms with Crippen LogP contribution in [0.1, 0.15) is 31.9 Å². The average Bonchev–Trinajstić information content (AvgIpc) is 2.42. The lowest BCUT2D eigenvalue weighted by Gasteiger charge is -2.25. The van der Waals surface area contributed by atoms with Gasteiger partial charge in [-0.05, 0) is 38.1 Å². The van der Waals surface area contributed by atoms with E-state index in [1.807, 2.05) is 32.0 Å². The summed E-state index contributed by atoms with van der Waals surface area (Å²) in [5.41, 5.74) is 0.826. The van der Waals surface area contributed by atoms with Gasteiger partial charge in [-0.15, -0.1) is 0 Å². The van der Waals surface area contributed by atoms with Crippen molar-refractivity contribution in [1.29, 1.82) is 0 Å². The van der Waals surface area contributed by atoms with Gasteiger partial charge in [0.15, 0.2) is 0 Å².